The third-order valence-corrected chi connectivity index (χ3v) is 0.673. The Balaban J connectivity index is 4.22. The van der Waals surface area contributed by atoms with Crippen molar-refractivity contribution in [3.8, 4) is 0 Å². The van der Waals surface area contributed by atoms with Crippen LogP contribution in [0.4, 0.5) is 26.3 Å². The van der Waals surface area contributed by atoms with Crippen molar-refractivity contribution in [2.24, 2.45) is 0 Å². The molecule has 0 saturated heterocycles. The molecule has 0 aromatic carbocycles. The van der Waals surface area contributed by atoms with Crippen molar-refractivity contribution in [3.05, 3.63) is 12.0 Å². The van der Waals surface area contributed by atoms with Gasteiger partial charge in [-0.05, 0) is 0 Å². The predicted molar refractivity (Wildman–Crippen MR) is 28.3 cm³/mol. The molecule has 0 radical (unpaired) electrons. The Morgan fingerprint density at radius 1 is 1.15 bits per heavy atom. The van der Waals surface area contributed by atoms with E-state index in [1.54, 1.807) is 0 Å². The van der Waals surface area contributed by atoms with E-state index in [-0.39, 0.29) is 0 Å². The van der Waals surface area contributed by atoms with Crippen molar-refractivity contribution in [3.63, 3.8) is 0 Å². The Hall–Kier alpha value is -1.08. The Kier molecular flexibility index (Phi) is 4.43. The predicted octanol–water partition coefficient (Wildman–Crippen LogP) is 2.57. The van der Waals surface area contributed by atoms with Crippen LogP contribution in [0.1, 0.15) is 0 Å². The first-order valence-electron chi connectivity index (χ1n) is 2.86. The molecule has 0 N–H and O–H groups in total. The summed E-state index contributed by atoms with van der Waals surface area (Å²) in [6.45, 7) is -2.12. The monoisotopic (exact) mass is 210 g/mol. The molecule has 0 aromatic rings. The van der Waals surface area contributed by atoms with E-state index in [0.717, 1.165) is 0 Å². The number of alkyl halides is 4. The van der Waals surface area contributed by atoms with E-state index in [1.807, 2.05) is 0 Å². The zero-order valence-electron chi connectivity index (χ0n) is 6.00. The van der Waals surface area contributed by atoms with Crippen LogP contribution < -0.4 is 0 Å². The van der Waals surface area contributed by atoms with Crippen LogP contribution in [-0.4, -0.2) is 19.6 Å². The van der Waals surface area contributed by atoms with Crippen molar-refractivity contribution >= 4 is 0 Å². The lowest BCUT2D eigenvalue weighted by Crippen LogP contribution is -2.15. The molecule has 0 unspecified atom stereocenters. The quantitative estimate of drug-likeness (QED) is 0.524. The molecule has 2 nitrogen and oxygen atoms in total. The fraction of sp³-hybridized carbons (Fsp3) is 0.600. The summed E-state index contributed by atoms with van der Waals surface area (Å²) >= 11 is 0. The maximum absolute atomic E-state index is 11.6. The molecule has 78 valence electrons. The van der Waals surface area contributed by atoms with Gasteiger partial charge < -0.3 is 9.47 Å². The molecular weight excluding hydrogens is 206 g/mol. The summed E-state index contributed by atoms with van der Waals surface area (Å²) < 4.78 is 74.8. The van der Waals surface area contributed by atoms with Gasteiger partial charge >= 0.3 is 18.4 Å². The second-order valence-electron chi connectivity index (χ2n) is 1.63. The minimum atomic E-state index is -5.28. The van der Waals surface area contributed by atoms with Gasteiger partial charge in [-0.15, -0.1) is 13.2 Å². The van der Waals surface area contributed by atoms with Gasteiger partial charge in [-0.25, -0.2) is 4.39 Å². The Morgan fingerprint density at radius 2 is 1.69 bits per heavy atom. The molecular formula is C5H4F6O2. The fourth-order valence-electron chi connectivity index (χ4n) is 0.359. The summed E-state index contributed by atoms with van der Waals surface area (Å²) in [7, 11) is 0. The molecule has 0 saturated carbocycles. The average Bonchev–Trinajstić information content (AvgIpc) is 1.95. The van der Waals surface area contributed by atoms with Gasteiger partial charge in [0.05, 0.1) is 0 Å². The first kappa shape index (κ1) is 11.9. The molecule has 0 rings (SSSR count). The van der Waals surface area contributed by atoms with Crippen molar-refractivity contribution < 1.29 is 35.8 Å². The molecule has 0 aromatic heterocycles. The summed E-state index contributed by atoms with van der Waals surface area (Å²) in [5.74, 6) is -2.02. The molecule has 0 aliphatic rings. The Morgan fingerprint density at radius 3 is 2.00 bits per heavy atom. The van der Waals surface area contributed by atoms with E-state index >= 15 is 0 Å². The first-order valence-corrected chi connectivity index (χ1v) is 2.86. The highest BCUT2D eigenvalue weighted by atomic mass is 19.4. The molecule has 0 atom stereocenters. The number of hydrogen-bond acceptors (Lipinski definition) is 2. The standard InChI is InChI=1S/C5H4F6O2/c6-1-2-12-4(3(7)8)13-5(9,10)11/h1-2H2. The fourth-order valence-corrected chi connectivity index (χ4v) is 0.359. The molecule has 0 aliphatic carbocycles. The van der Waals surface area contributed by atoms with Gasteiger partial charge in [-0.3, -0.25) is 0 Å². The Labute approximate surface area is 68.7 Å². The van der Waals surface area contributed by atoms with Gasteiger partial charge in [-0.2, -0.15) is 8.78 Å². The topological polar surface area (TPSA) is 18.5 Å². The van der Waals surface area contributed by atoms with Gasteiger partial charge in [0.1, 0.15) is 13.3 Å². The minimum absolute atomic E-state index is 0.928. The zero-order chi connectivity index (χ0) is 10.5. The highest BCUT2D eigenvalue weighted by molar-refractivity contribution is 4.83. The normalized spacial score (nSPS) is 10.9. The van der Waals surface area contributed by atoms with Gasteiger partial charge in [0, 0.05) is 0 Å². The molecule has 0 bridgehead atoms. The maximum Gasteiger partial charge on any atom is 0.575 e. The minimum Gasteiger partial charge on any atom is -0.459 e. The van der Waals surface area contributed by atoms with Crippen molar-refractivity contribution in [1.29, 1.82) is 0 Å². The van der Waals surface area contributed by atoms with Crippen LogP contribution in [0.2, 0.25) is 0 Å². The number of rotatable bonds is 4. The van der Waals surface area contributed by atoms with E-state index < -0.39 is 31.7 Å². The van der Waals surface area contributed by atoms with Gasteiger partial charge in [0.2, 0.25) is 0 Å². The number of ether oxygens (including phenoxy) is 2. The smallest absolute Gasteiger partial charge is 0.459 e. The number of halogens is 6. The van der Waals surface area contributed by atoms with Crippen LogP contribution >= 0.6 is 0 Å². The molecule has 8 heteroatoms. The molecule has 0 fully saturated rings. The highest BCUT2D eigenvalue weighted by Crippen LogP contribution is 2.24. The molecule has 0 spiro atoms. The van der Waals surface area contributed by atoms with Crippen molar-refractivity contribution in [2.75, 3.05) is 13.3 Å². The second-order valence-corrected chi connectivity index (χ2v) is 1.63. The lowest BCUT2D eigenvalue weighted by Gasteiger charge is -2.10. The van der Waals surface area contributed by atoms with E-state index in [4.69, 9.17) is 0 Å². The van der Waals surface area contributed by atoms with E-state index in [1.165, 1.54) is 0 Å². The molecule has 0 aliphatic heterocycles. The lowest BCUT2D eigenvalue weighted by molar-refractivity contribution is -0.324. The van der Waals surface area contributed by atoms with Gasteiger partial charge in [0.25, 0.3) is 0 Å². The van der Waals surface area contributed by atoms with E-state index in [0.29, 0.717) is 0 Å². The number of hydrogen-bond donors (Lipinski definition) is 0. The van der Waals surface area contributed by atoms with Gasteiger partial charge in [0.15, 0.2) is 0 Å². The lowest BCUT2D eigenvalue weighted by atomic mass is 10.8. The van der Waals surface area contributed by atoms with E-state index in [9.17, 15) is 26.3 Å². The zero-order valence-corrected chi connectivity index (χ0v) is 6.00. The summed E-state index contributed by atoms with van der Waals surface area (Å²) in [6.07, 6.45) is -8.08. The SMILES string of the molecule is FCCOC(OC(F)(F)F)=C(F)F. The summed E-state index contributed by atoms with van der Waals surface area (Å²) in [6, 6.07) is 0. The highest BCUT2D eigenvalue weighted by Gasteiger charge is 2.35. The van der Waals surface area contributed by atoms with Crippen molar-refractivity contribution in [2.45, 2.75) is 6.36 Å². The molecule has 13 heavy (non-hydrogen) atoms. The first-order chi connectivity index (χ1) is 5.87. The van der Waals surface area contributed by atoms with Crippen LogP contribution in [0.25, 0.3) is 0 Å². The van der Waals surface area contributed by atoms with Crippen LogP contribution in [0.5, 0.6) is 0 Å². The third kappa shape index (κ3) is 6.12. The molecule has 0 amide bonds. The average molecular weight is 210 g/mol. The summed E-state index contributed by atoms with van der Waals surface area (Å²) in [5.41, 5.74) is 0. The molecule has 0 heterocycles. The third-order valence-electron chi connectivity index (χ3n) is 0.673. The van der Waals surface area contributed by atoms with Crippen molar-refractivity contribution in [1.82, 2.24) is 0 Å². The summed E-state index contributed by atoms with van der Waals surface area (Å²) in [5, 5.41) is 0. The Bertz CT molecular complexity index is 182. The maximum atomic E-state index is 11.6. The van der Waals surface area contributed by atoms with Crippen LogP contribution in [0.15, 0.2) is 12.0 Å². The largest absolute Gasteiger partial charge is 0.575 e. The van der Waals surface area contributed by atoms with Gasteiger partial charge in [-0.1, -0.05) is 0 Å². The van der Waals surface area contributed by atoms with E-state index in [2.05, 4.69) is 9.47 Å². The summed E-state index contributed by atoms with van der Waals surface area (Å²) in [4.78, 5) is 0. The van der Waals surface area contributed by atoms with Crippen LogP contribution in [-0.2, 0) is 9.47 Å². The second kappa shape index (κ2) is 4.83. The van der Waals surface area contributed by atoms with Crippen LogP contribution in [0, 0.1) is 0 Å². The van der Waals surface area contributed by atoms with Crippen LogP contribution in [0.3, 0.4) is 0 Å².